The summed E-state index contributed by atoms with van der Waals surface area (Å²) < 4.78 is 0. The van der Waals surface area contributed by atoms with Crippen LogP contribution in [-0.4, -0.2) is 11.9 Å². The first-order valence-electron chi connectivity index (χ1n) is 6.92. The van der Waals surface area contributed by atoms with Crippen LogP contribution in [0.5, 0.6) is 0 Å². The van der Waals surface area contributed by atoms with E-state index >= 15 is 0 Å². The highest BCUT2D eigenvalue weighted by Crippen LogP contribution is 2.38. The molecule has 21 heavy (non-hydrogen) atoms. The zero-order valence-corrected chi connectivity index (χ0v) is 12.5. The number of rotatable bonds is 4. The topological polar surface area (TPSA) is 55.1 Å². The lowest BCUT2D eigenvalue weighted by Crippen LogP contribution is -2.22. The van der Waals surface area contributed by atoms with Crippen LogP contribution in [-0.2, 0) is 6.54 Å². The fourth-order valence-corrected chi connectivity index (χ4v) is 2.35. The minimum atomic E-state index is -0.0427. The van der Waals surface area contributed by atoms with Crippen molar-refractivity contribution in [1.82, 2.24) is 5.32 Å². The maximum atomic E-state index is 11.9. The molecule has 1 aliphatic rings. The predicted octanol–water partition coefficient (Wildman–Crippen LogP) is 2.85. The van der Waals surface area contributed by atoms with Crippen LogP contribution in [0.2, 0.25) is 0 Å². The highest BCUT2D eigenvalue weighted by atomic mass is 35.5. The Bertz CT molecular complexity index is 598. The average molecular weight is 303 g/mol. The Balaban J connectivity index is 0.00000161. The van der Waals surface area contributed by atoms with Crippen molar-refractivity contribution < 1.29 is 4.79 Å². The Kier molecular flexibility index (Phi) is 4.99. The van der Waals surface area contributed by atoms with Gasteiger partial charge in [0.15, 0.2) is 0 Å². The van der Waals surface area contributed by atoms with Gasteiger partial charge in [-0.1, -0.05) is 42.5 Å². The Morgan fingerprint density at radius 3 is 2.29 bits per heavy atom. The van der Waals surface area contributed by atoms with E-state index in [1.165, 1.54) is 5.56 Å². The van der Waals surface area contributed by atoms with Crippen molar-refractivity contribution >= 4 is 18.3 Å². The summed E-state index contributed by atoms with van der Waals surface area (Å²) in [5, 5.41) is 2.92. The molecule has 1 saturated carbocycles. The van der Waals surface area contributed by atoms with Gasteiger partial charge in [0, 0.05) is 24.1 Å². The van der Waals surface area contributed by atoms with Crippen LogP contribution in [0.3, 0.4) is 0 Å². The number of amides is 1. The van der Waals surface area contributed by atoms with E-state index in [-0.39, 0.29) is 18.3 Å². The summed E-state index contributed by atoms with van der Waals surface area (Å²) in [4.78, 5) is 11.9. The zero-order valence-electron chi connectivity index (χ0n) is 11.7. The van der Waals surface area contributed by atoms with Crippen LogP contribution in [0, 0.1) is 0 Å². The highest BCUT2D eigenvalue weighted by Gasteiger charge is 2.34. The molecule has 2 atom stereocenters. The molecule has 1 aliphatic carbocycles. The van der Waals surface area contributed by atoms with Gasteiger partial charge in [0.1, 0.15) is 0 Å². The minimum Gasteiger partial charge on any atom is -0.348 e. The van der Waals surface area contributed by atoms with Crippen LogP contribution in [0.25, 0.3) is 0 Å². The molecule has 0 saturated heterocycles. The second kappa shape index (κ2) is 6.74. The van der Waals surface area contributed by atoms with Gasteiger partial charge in [-0.3, -0.25) is 4.79 Å². The first-order chi connectivity index (χ1) is 9.74. The number of benzene rings is 2. The lowest BCUT2D eigenvalue weighted by Gasteiger charge is -2.06. The third kappa shape index (κ3) is 3.84. The molecule has 2 aromatic rings. The lowest BCUT2D eigenvalue weighted by molar-refractivity contribution is 0.0951. The van der Waals surface area contributed by atoms with Crippen LogP contribution >= 0.6 is 12.4 Å². The van der Waals surface area contributed by atoms with E-state index in [9.17, 15) is 4.79 Å². The van der Waals surface area contributed by atoms with Crippen LogP contribution in [0.1, 0.15) is 33.8 Å². The first-order valence-corrected chi connectivity index (χ1v) is 6.92. The van der Waals surface area contributed by atoms with Crippen molar-refractivity contribution in [2.75, 3.05) is 0 Å². The molecule has 2 aromatic carbocycles. The Morgan fingerprint density at radius 2 is 1.71 bits per heavy atom. The monoisotopic (exact) mass is 302 g/mol. The molecule has 2 unspecified atom stereocenters. The van der Waals surface area contributed by atoms with Gasteiger partial charge in [0.05, 0.1) is 0 Å². The maximum absolute atomic E-state index is 11.9. The predicted molar refractivity (Wildman–Crippen MR) is 86.6 cm³/mol. The summed E-state index contributed by atoms with van der Waals surface area (Å²) >= 11 is 0. The highest BCUT2D eigenvalue weighted by molar-refractivity contribution is 5.94. The number of halogens is 1. The maximum Gasteiger partial charge on any atom is 0.251 e. The number of carbonyl (C=O) groups excluding carboxylic acids is 1. The third-order valence-electron chi connectivity index (χ3n) is 3.74. The van der Waals surface area contributed by atoms with E-state index in [1.54, 1.807) is 0 Å². The molecular formula is C17H19ClN2O. The molecule has 0 aliphatic heterocycles. The molecule has 0 heterocycles. The molecule has 0 aromatic heterocycles. The van der Waals surface area contributed by atoms with Crippen LogP contribution in [0.15, 0.2) is 54.6 Å². The van der Waals surface area contributed by atoms with Gasteiger partial charge < -0.3 is 11.1 Å². The van der Waals surface area contributed by atoms with E-state index in [1.807, 2.05) is 30.3 Å². The number of hydrogen-bond acceptors (Lipinski definition) is 2. The van der Waals surface area contributed by atoms with Gasteiger partial charge in [-0.25, -0.2) is 0 Å². The van der Waals surface area contributed by atoms with Gasteiger partial charge in [0.25, 0.3) is 5.91 Å². The number of carbonyl (C=O) groups is 1. The molecule has 0 bridgehead atoms. The second-order valence-corrected chi connectivity index (χ2v) is 5.30. The summed E-state index contributed by atoms with van der Waals surface area (Å²) in [7, 11) is 0. The smallest absolute Gasteiger partial charge is 0.251 e. The Hall–Kier alpha value is -1.84. The fourth-order valence-electron chi connectivity index (χ4n) is 2.35. The summed E-state index contributed by atoms with van der Waals surface area (Å²) in [6, 6.07) is 17.9. The normalized spacial score (nSPS) is 19.5. The van der Waals surface area contributed by atoms with Crippen LogP contribution in [0.4, 0.5) is 0 Å². The van der Waals surface area contributed by atoms with Crippen molar-refractivity contribution in [2.45, 2.75) is 24.9 Å². The van der Waals surface area contributed by atoms with Crippen molar-refractivity contribution in [3.63, 3.8) is 0 Å². The molecule has 3 nitrogen and oxygen atoms in total. The summed E-state index contributed by atoms with van der Waals surface area (Å²) in [5.41, 5.74) is 8.94. The van der Waals surface area contributed by atoms with Crippen molar-refractivity contribution in [2.24, 2.45) is 5.73 Å². The zero-order chi connectivity index (χ0) is 13.9. The molecule has 3 rings (SSSR count). The summed E-state index contributed by atoms with van der Waals surface area (Å²) in [6.07, 6.45) is 1.09. The van der Waals surface area contributed by atoms with E-state index < -0.39 is 0 Å². The lowest BCUT2D eigenvalue weighted by atomic mass is 10.1. The van der Waals surface area contributed by atoms with E-state index in [0.29, 0.717) is 24.1 Å². The first kappa shape index (κ1) is 15.5. The molecule has 4 heteroatoms. The van der Waals surface area contributed by atoms with Crippen molar-refractivity contribution in [1.29, 1.82) is 0 Å². The van der Waals surface area contributed by atoms with Gasteiger partial charge >= 0.3 is 0 Å². The molecule has 110 valence electrons. The standard InChI is InChI=1S/C17H18N2O.ClH/c18-16-10-15(16)13-8-6-12(7-9-13)11-19-17(20)14-4-2-1-3-5-14;/h1-9,15-16H,10-11,18H2,(H,19,20);1H. The summed E-state index contributed by atoms with van der Waals surface area (Å²) in [6.45, 7) is 0.546. The molecule has 0 radical (unpaired) electrons. The number of nitrogens with one attached hydrogen (secondary N) is 1. The quantitative estimate of drug-likeness (QED) is 0.912. The third-order valence-corrected chi connectivity index (χ3v) is 3.74. The number of hydrogen-bond donors (Lipinski definition) is 2. The summed E-state index contributed by atoms with van der Waals surface area (Å²) in [5.74, 6) is 0.488. The largest absolute Gasteiger partial charge is 0.348 e. The van der Waals surface area contributed by atoms with E-state index in [2.05, 4.69) is 29.6 Å². The van der Waals surface area contributed by atoms with E-state index in [4.69, 9.17) is 5.73 Å². The van der Waals surface area contributed by atoms with Crippen molar-refractivity contribution in [3.05, 3.63) is 71.3 Å². The molecule has 0 spiro atoms. The molecule has 3 N–H and O–H groups in total. The molecule has 1 amide bonds. The van der Waals surface area contributed by atoms with Gasteiger partial charge in [-0.15, -0.1) is 12.4 Å². The van der Waals surface area contributed by atoms with Gasteiger partial charge in [-0.05, 0) is 29.7 Å². The second-order valence-electron chi connectivity index (χ2n) is 5.30. The average Bonchev–Trinajstić information content (AvgIpc) is 3.23. The van der Waals surface area contributed by atoms with Gasteiger partial charge in [-0.2, -0.15) is 0 Å². The van der Waals surface area contributed by atoms with Crippen molar-refractivity contribution in [3.8, 4) is 0 Å². The number of nitrogens with two attached hydrogens (primary N) is 1. The van der Waals surface area contributed by atoms with E-state index in [0.717, 1.165) is 12.0 Å². The molecular weight excluding hydrogens is 284 g/mol. The van der Waals surface area contributed by atoms with Crippen LogP contribution < -0.4 is 11.1 Å². The molecule has 1 fully saturated rings. The SMILES string of the molecule is Cl.NC1CC1c1ccc(CNC(=O)c2ccccc2)cc1. The minimum absolute atomic E-state index is 0. The Morgan fingerprint density at radius 1 is 1.10 bits per heavy atom. The fraction of sp³-hybridized carbons (Fsp3) is 0.235. The van der Waals surface area contributed by atoms with Gasteiger partial charge in [0.2, 0.25) is 0 Å². The Labute approximate surface area is 131 Å².